The number of carboxylic acid groups (broad SMARTS) is 1. The molecule has 2 aromatic heterocycles. The number of carboxylic acids is 1. The van der Waals surface area contributed by atoms with Crippen molar-refractivity contribution in [2.24, 2.45) is 11.7 Å². The molecule has 0 saturated carbocycles. The maximum Gasteiger partial charge on any atom is 0.306 e. The smallest absolute Gasteiger partial charge is 0.306 e. The van der Waals surface area contributed by atoms with Crippen LogP contribution in [-0.4, -0.2) is 39.2 Å². The number of rotatable bonds is 9. The summed E-state index contributed by atoms with van der Waals surface area (Å²) in [5.74, 6) is -0.689. The van der Waals surface area contributed by atoms with E-state index in [9.17, 15) is 9.59 Å². The molecule has 35 heavy (non-hydrogen) atoms. The normalized spacial score (nSPS) is 14.0. The van der Waals surface area contributed by atoms with Crippen molar-refractivity contribution in [3.8, 4) is 0 Å². The lowest BCUT2D eigenvalue weighted by molar-refractivity contribution is -0.141. The minimum absolute atomic E-state index is 0.0542. The first-order valence-corrected chi connectivity index (χ1v) is 11.8. The average Bonchev–Trinajstić information content (AvgIpc) is 3.21. The number of aromatic nitrogens is 2. The number of aliphatic carboxylic acids is 1. The number of allylic oxidation sites excluding steroid dienone is 1. The maximum absolute atomic E-state index is 11.5. The molecule has 3 unspecified atom stereocenters. The van der Waals surface area contributed by atoms with Gasteiger partial charge in [0.1, 0.15) is 16.9 Å². The summed E-state index contributed by atoms with van der Waals surface area (Å²) in [6, 6.07) is 7.79. The summed E-state index contributed by atoms with van der Waals surface area (Å²) in [6.07, 6.45) is 4.14. The lowest BCUT2D eigenvalue weighted by Gasteiger charge is -2.19. The van der Waals surface area contributed by atoms with E-state index in [1.807, 2.05) is 38.1 Å². The van der Waals surface area contributed by atoms with Crippen LogP contribution in [0.3, 0.4) is 0 Å². The Labute approximate surface area is 205 Å². The number of hydrogen-bond donors (Lipinski definition) is 4. The fraction of sp³-hybridized carbons (Fsp3) is 0.423. The molecule has 9 heteroatoms. The number of carbonyl (C=O) groups is 2. The maximum atomic E-state index is 11.5. The molecular formula is C26H35N5O4. The van der Waals surface area contributed by atoms with Crippen LogP contribution in [0.15, 0.2) is 40.5 Å². The molecule has 0 spiro atoms. The first kappa shape index (κ1) is 27.5. The zero-order chi connectivity index (χ0) is 26.1. The standard InChI is InChI=1S/C15H16N2O.C11H19N3O3/c1-4-9(2)13-15-14(17-10(3)16-13)11-7-5-6-8-12(11)18-15;1-3-8(6-7(2)11(16)17)14-10(15)9(13)4-5-12/h5-9H,4H2,1-3H3;4-5,7-8,12H,3,6,13H2,1-2H3,(H,14,15)(H,16,17)/b;9-4-,12-5?. The molecule has 0 radical (unpaired) electrons. The third-order valence-corrected chi connectivity index (χ3v) is 5.85. The molecule has 1 amide bonds. The first-order chi connectivity index (χ1) is 16.6. The molecular weight excluding hydrogens is 446 g/mol. The zero-order valence-electron chi connectivity index (χ0n) is 21.0. The Morgan fingerprint density at radius 3 is 2.49 bits per heavy atom. The van der Waals surface area contributed by atoms with E-state index in [0.29, 0.717) is 18.8 Å². The molecule has 188 valence electrons. The van der Waals surface area contributed by atoms with Crippen molar-refractivity contribution in [1.29, 1.82) is 5.41 Å². The van der Waals surface area contributed by atoms with Gasteiger partial charge in [0.25, 0.3) is 5.91 Å². The van der Waals surface area contributed by atoms with Crippen molar-refractivity contribution in [3.63, 3.8) is 0 Å². The van der Waals surface area contributed by atoms with E-state index >= 15 is 0 Å². The van der Waals surface area contributed by atoms with E-state index in [4.69, 9.17) is 20.7 Å². The minimum atomic E-state index is -0.888. The van der Waals surface area contributed by atoms with E-state index in [1.54, 1.807) is 6.92 Å². The third kappa shape index (κ3) is 7.11. The lowest BCUT2D eigenvalue weighted by Crippen LogP contribution is -2.39. The molecule has 9 nitrogen and oxygen atoms in total. The largest absolute Gasteiger partial charge is 0.481 e. The molecule has 5 N–H and O–H groups in total. The van der Waals surface area contributed by atoms with Crippen molar-refractivity contribution in [2.75, 3.05) is 0 Å². The topological polar surface area (TPSA) is 155 Å². The first-order valence-electron chi connectivity index (χ1n) is 11.8. The van der Waals surface area contributed by atoms with Crippen LogP contribution in [0.4, 0.5) is 0 Å². The average molecular weight is 482 g/mol. The van der Waals surface area contributed by atoms with Gasteiger partial charge in [-0.15, -0.1) is 0 Å². The fourth-order valence-corrected chi connectivity index (χ4v) is 3.55. The van der Waals surface area contributed by atoms with Crippen molar-refractivity contribution >= 4 is 40.2 Å². The Hall–Kier alpha value is -3.75. The predicted octanol–water partition coefficient (Wildman–Crippen LogP) is 4.68. The zero-order valence-corrected chi connectivity index (χ0v) is 21.0. The highest BCUT2D eigenvalue weighted by atomic mass is 16.4. The Bertz CT molecular complexity index is 1220. The van der Waals surface area contributed by atoms with Crippen LogP contribution in [0.25, 0.3) is 22.1 Å². The number of aryl methyl sites for hydroxylation is 1. The molecule has 0 aliphatic carbocycles. The second-order valence-corrected chi connectivity index (χ2v) is 8.58. The van der Waals surface area contributed by atoms with Gasteiger partial charge in [0.2, 0.25) is 0 Å². The van der Waals surface area contributed by atoms with E-state index in [-0.39, 0.29) is 11.7 Å². The van der Waals surface area contributed by atoms with Crippen molar-refractivity contribution in [3.05, 3.63) is 47.6 Å². The Kier molecular flexibility index (Phi) is 9.93. The Balaban J connectivity index is 0.000000248. The number of furan rings is 1. The third-order valence-electron chi connectivity index (χ3n) is 5.85. The van der Waals surface area contributed by atoms with Crippen molar-refractivity contribution in [1.82, 2.24) is 15.3 Å². The summed E-state index contributed by atoms with van der Waals surface area (Å²) in [4.78, 5) is 31.3. The van der Waals surface area contributed by atoms with Crippen LogP contribution in [-0.2, 0) is 9.59 Å². The highest BCUT2D eigenvalue weighted by Crippen LogP contribution is 2.32. The van der Waals surface area contributed by atoms with Gasteiger partial charge in [-0.1, -0.05) is 39.8 Å². The van der Waals surface area contributed by atoms with Gasteiger partial charge in [0, 0.05) is 23.6 Å². The summed E-state index contributed by atoms with van der Waals surface area (Å²) in [5.41, 5.74) is 9.04. The second-order valence-electron chi connectivity index (χ2n) is 8.58. The van der Waals surface area contributed by atoms with Gasteiger partial charge in [0.05, 0.1) is 17.3 Å². The lowest BCUT2D eigenvalue weighted by atomic mass is 10.00. The van der Waals surface area contributed by atoms with Gasteiger partial charge in [-0.3, -0.25) is 9.59 Å². The second kappa shape index (κ2) is 12.6. The summed E-state index contributed by atoms with van der Waals surface area (Å²) in [7, 11) is 0. The number of hydrogen-bond acceptors (Lipinski definition) is 7. The molecule has 2 heterocycles. The van der Waals surface area contributed by atoms with Gasteiger partial charge >= 0.3 is 5.97 Å². The number of nitrogens with one attached hydrogen (secondary N) is 2. The molecule has 0 fully saturated rings. The van der Waals surface area contributed by atoms with Crippen LogP contribution in [0.5, 0.6) is 0 Å². The number of nitrogens with two attached hydrogens (primary N) is 1. The number of benzene rings is 1. The molecule has 1 aromatic carbocycles. The van der Waals surface area contributed by atoms with Crippen molar-refractivity contribution < 1.29 is 19.1 Å². The van der Waals surface area contributed by atoms with E-state index in [2.05, 4.69) is 29.1 Å². The number of para-hydroxylation sites is 1. The molecule has 0 bridgehead atoms. The summed E-state index contributed by atoms with van der Waals surface area (Å²) in [5, 5.41) is 19.3. The van der Waals surface area contributed by atoms with Crippen LogP contribution in [0.2, 0.25) is 0 Å². The Morgan fingerprint density at radius 2 is 1.89 bits per heavy atom. The molecule has 0 aliphatic heterocycles. The highest BCUT2D eigenvalue weighted by Gasteiger charge is 2.19. The van der Waals surface area contributed by atoms with E-state index in [1.165, 1.54) is 6.08 Å². The van der Waals surface area contributed by atoms with Gasteiger partial charge < -0.3 is 26.0 Å². The summed E-state index contributed by atoms with van der Waals surface area (Å²) >= 11 is 0. The van der Waals surface area contributed by atoms with Gasteiger partial charge in [-0.2, -0.15) is 0 Å². The molecule has 3 atom stereocenters. The van der Waals surface area contributed by atoms with E-state index < -0.39 is 17.8 Å². The number of nitrogens with zero attached hydrogens (tertiary/aromatic N) is 2. The number of amides is 1. The molecule has 0 aliphatic rings. The quantitative estimate of drug-likeness (QED) is 0.255. The predicted molar refractivity (Wildman–Crippen MR) is 137 cm³/mol. The number of carbonyl (C=O) groups excluding carboxylic acids is 1. The molecule has 3 aromatic rings. The fourth-order valence-electron chi connectivity index (χ4n) is 3.55. The van der Waals surface area contributed by atoms with E-state index in [0.717, 1.165) is 46.2 Å². The van der Waals surface area contributed by atoms with Crippen LogP contribution < -0.4 is 11.1 Å². The minimum Gasteiger partial charge on any atom is -0.481 e. The molecule has 0 saturated heterocycles. The van der Waals surface area contributed by atoms with Gasteiger partial charge in [0.15, 0.2) is 5.58 Å². The monoisotopic (exact) mass is 481 g/mol. The summed E-state index contributed by atoms with van der Waals surface area (Å²) in [6.45, 7) is 9.72. The highest BCUT2D eigenvalue weighted by molar-refractivity contribution is 6.03. The van der Waals surface area contributed by atoms with Gasteiger partial charge in [-0.25, -0.2) is 9.97 Å². The Morgan fingerprint density at radius 1 is 1.20 bits per heavy atom. The van der Waals surface area contributed by atoms with Crippen molar-refractivity contribution in [2.45, 2.75) is 65.8 Å². The summed E-state index contributed by atoms with van der Waals surface area (Å²) < 4.78 is 5.94. The van der Waals surface area contributed by atoms with Crippen LogP contribution >= 0.6 is 0 Å². The van der Waals surface area contributed by atoms with Gasteiger partial charge in [-0.05, 0) is 44.4 Å². The van der Waals surface area contributed by atoms with Crippen LogP contribution in [0.1, 0.15) is 64.4 Å². The van der Waals surface area contributed by atoms with Crippen LogP contribution in [0, 0.1) is 18.3 Å². The SMILES string of the molecule is CCC(C)c1nc(C)nc2c1oc1ccccc12.CCC(CC(C)C(=O)O)NC(=O)/C(N)=C/C=N. The molecule has 3 rings (SSSR count). The number of fused-ring (bicyclic) bond motifs is 3.